The van der Waals surface area contributed by atoms with Crippen LogP contribution in [0.4, 0.5) is 0 Å². The van der Waals surface area contributed by atoms with Crippen molar-refractivity contribution in [3.8, 4) is 9.75 Å². The standard InChI is InChI=1S/C44H56S4.C7H16.C5H12.C2H6/c1-8-12-14-17-24-33-26-37(39-29-40-38(46-39)28-36(45-40)30(5)6)47-43(33)41-27-34(25-18-15-13-9-2)44(48-41)42(32-22-19-16-20-23-32)35(21-10-3)31(7)11-4;1-5-7(3,4)6-2;1-3-5-4-2;1-2/h10-11,16,19-23,26-28,30-31,39H,4,8-9,12-15,17-18,24-25,29H2,1-3,5-7H3;5-6H2,1-4H3;3-5H2,1-2H3;1-2H3/b21-10-,42-35+;;;. The van der Waals surface area contributed by atoms with Gasteiger partial charge in [0.2, 0.25) is 0 Å². The first-order valence-corrected chi connectivity index (χ1v) is 28.3. The van der Waals surface area contributed by atoms with E-state index in [2.05, 4.69) is 191 Å². The summed E-state index contributed by atoms with van der Waals surface area (Å²) in [5.74, 6) is 0.874. The van der Waals surface area contributed by atoms with Crippen molar-refractivity contribution in [3.05, 3.63) is 115 Å². The summed E-state index contributed by atoms with van der Waals surface area (Å²) in [7, 11) is 0. The summed E-state index contributed by atoms with van der Waals surface area (Å²) in [6, 6.07) is 18.8. The highest BCUT2D eigenvalue weighted by Gasteiger charge is 2.30. The van der Waals surface area contributed by atoms with Crippen molar-refractivity contribution in [1.29, 1.82) is 0 Å². The molecule has 0 bridgehead atoms. The fourth-order valence-electron chi connectivity index (χ4n) is 7.31. The maximum absolute atomic E-state index is 4.23. The lowest BCUT2D eigenvalue weighted by molar-refractivity contribution is 0.338. The Labute approximate surface area is 400 Å². The first-order valence-electron chi connectivity index (χ1n) is 25.0. The summed E-state index contributed by atoms with van der Waals surface area (Å²) in [5, 5.41) is 0.545. The second-order valence-corrected chi connectivity index (χ2v) is 22.5. The summed E-state index contributed by atoms with van der Waals surface area (Å²) in [4.78, 5) is 10.7. The molecule has 1 aliphatic rings. The molecule has 0 aliphatic carbocycles. The van der Waals surface area contributed by atoms with Crippen LogP contribution >= 0.6 is 45.8 Å². The first-order chi connectivity index (χ1) is 29.9. The number of allylic oxidation sites excluding steroid dienone is 4. The molecule has 0 saturated heterocycles. The molecule has 4 heteroatoms. The molecule has 0 N–H and O–H groups in total. The van der Waals surface area contributed by atoms with E-state index >= 15 is 0 Å². The van der Waals surface area contributed by atoms with Gasteiger partial charge in [0, 0.05) is 45.0 Å². The van der Waals surface area contributed by atoms with E-state index in [0.29, 0.717) is 16.6 Å². The van der Waals surface area contributed by atoms with Crippen molar-refractivity contribution >= 4 is 51.3 Å². The molecule has 62 heavy (non-hydrogen) atoms. The Morgan fingerprint density at radius 1 is 0.742 bits per heavy atom. The van der Waals surface area contributed by atoms with Gasteiger partial charge in [0.15, 0.2) is 0 Å². The molecular weight excluding hydrogens is 825 g/mol. The van der Waals surface area contributed by atoms with Crippen LogP contribution in [0.2, 0.25) is 0 Å². The second-order valence-electron chi connectivity index (χ2n) is 17.9. The maximum Gasteiger partial charge on any atom is 0.0487 e. The van der Waals surface area contributed by atoms with Crippen molar-refractivity contribution in [2.24, 2.45) is 11.3 Å². The zero-order valence-corrected chi connectivity index (χ0v) is 45.5. The van der Waals surface area contributed by atoms with E-state index in [4.69, 9.17) is 0 Å². The van der Waals surface area contributed by atoms with Gasteiger partial charge in [-0.05, 0) is 96.7 Å². The molecule has 5 rings (SSSR count). The minimum absolute atomic E-state index is 0.259. The maximum atomic E-state index is 4.23. The molecule has 0 radical (unpaired) electrons. The van der Waals surface area contributed by atoms with Crippen LogP contribution in [0.1, 0.15) is 228 Å². The largest absolute Gasteiger partial charge is 0.144 e. The molecule has 2 unspecified atom stereocenters. The van der Waals surface area contributed by atoms with Gasteiger partial charge in [0.1, 0.15) is 0 Å². The van der Waals surface area contributed by atoms with E-state index in [1.807, 2.05) is 25.2 Å². The molecule has 0 saturated carbocycles. The number of rotatable bonds is 22. The molecule has 1 aromatic carbocycles. The van der Waals surface area contributed by atoms with Crippen molar-refractivity contribution in [1.82, 2.24) is 0 Å². The van der Waals surface area contributed by atoms with E-state index in [9.17, 15) is 0 Å². The van der Waals surface area contributed by atoms with Crippen LogP contribution in [0.25, 0.3) is 15.3 Å². The third-order valence-corrected chi connectivity index (χ3v) is 17.9. The van der Waals surface area contributed by atoms with Crippen LogP contribution in [-0.4, -0.2) is 0 Å². The molecule has 0 nitrogen and oxygen atoms in total. The number of thioether (sulfide) groups is 1. The molecule has 0 fully saturated rings. The van der Waals surface area contributed by atoms with Crippen LogP contribution in [0.15, 0.2) is 83.8 Å². The van der Waals surface area contributed by atoms with Gasteiger partial charge < -0.3 is 0 Å². The number of thiophene rings is 3. The predicted octanol–water partition coefficient (Wildman–Crippen LogP) is 21.6. The number of fused-ring (bicyclic) bond motifs is 1. The van der Waals surface area contributed by atoms with Gasteiger partial charge in [-0.1, -0.05) is 209 Å². The number of hydrogen-bond donors (Lipinski definition) is 0. The van der Waals surface area contributed by atoms with Crippen LogP contribution < -0.4 is 0 Å². The van der Waals surface area contributed by atoms with Gasteiger partial charge in [-0.15, -0.1) is 52.4 Å². The lowest BCUT2D eigenvalue weighted by atomic mass is 9.88. The van der Waals surface area contributed by atoms with E-state index in [1.165, 1.54) is 143 Å². The number of benzene rings is 1. The minimum Gasteiger partial charge on any atom is -0.144 e. The van der Waals surface area contributed by atoms with Gasteiger partial charge >= 0.3 is 0 Å². The smallest absolute Gasteiger partial charge is 0.0487 e. The summed E-state index contributed by atoms with van der Waals surface area (Å²) in [6.45, 7) is 35.4. The monoisotopic (exact) mass is 915 g/mol. The normalized spacial score (nSPS) is 14.3. The molecular formula is C58H90S4. The molecule has 4 heterocycles. The fourth-order valence-corrected chi connectivity index (χ4v) is 12.9. The zero-order chi connectivity index (χ0) is 46.1. The van der Waals surface area contributed by atoms with Crippen molar-refractivity contribution in [2.75, 3.05) is 0 Å². The van der Waals surface area contributed by atoms with Crippen molar-refractivity contribution < 1.29 is 0 Å². The number of aryl methyl sites for hydroxylation is 2. The Morgan fingerprint density at radius 2 is 1.34 bits per heavy atom. The van der Waals surface area contributed by atoms with Crippen LogP contribution in [0.5, 0.6) is 0 Å². The average molecular weight is 916 g/mol. The molecule has 0 amide bonds. The summed E-state index contributed by atoms with van der Waals surface area (Å²) in [6.07, 6.45) is 27.1. The highest BCUT2D eigenvalue weighted by molar-refractivity contribution is 8.00. The number of hydrogen-bond acceptors (Lipinski definition) is 4. The first kappa shape index (κ1) is 56.0. The quantitative estimate of drug-likeness (QED) is 0.0430. The Bertz CT molecular complexity index is 1820. The molecule has 3 aromatic heterocycles. The lowest BCUT2D eigenvalue weighted by Crippen LogP contribution is -2.05. The van der Waals surface area contributed by atoms with E-state index in [-0.39, 0.29) is 5.92 Å². The van der Waals surface area contributed by atoms with E-state index < -0.39 is 0 Å². The topological polar surface area (TPSA) is 0 Å². The van der Waals surface area contributed by atoms with E-state index in [1.54, 1.807) is 15.3 Å². The highest BCUT2D eigenvalue weighted by atomic mass is 32.2. The van der Waals surface area contributed by atoms with Crippen LogP contribution in [-0.2, 0) is 19.3 Å². The van der Waals surface area contributed by atoms with Gasteiger partial charge in [-0.2, -0.15) is 0 Å². The third-order valence-electron chi connectivity index (χ3n) is 12.2. The molecule has 0 spiro atoms. The van der Waals surface area contributed by atoms with E-state index in [0.717, 1.165) is 6.42 Å². The van der Waals surface area contributed by atoms with Gasteiger partial charge in [0.25, 0.3) is 0 Å². The molecule has 346 valence electrons. The molecule has 1 aliphatic heterocycles. The number of unbranched alkanes of at least 4 members (excludes halogenated alkanes) is 8. The molecule has 2 atom stereocenters. The Kier molecular flexibility index (Phi) is 27.9. The summed E-state index contributed by atoms with van der Waals surface area (Å²) in [5.41, 5.74) is 7.74. The lowest BCUT2D eigenvalue weighted by Gasteiger charge is -2.18. The highest BCUT2D eigenvalue weighted by Crippen LogP contribution is 2.54. The summed E-state index contributed by atoms with van der Waals surface area (Å²) < 4.78 is 0. The van der Waals surface area contributed by atoms with Gasteiger partial charge in [0.05, 0.1) is 0 Å². The Morgan fingerprint density at radius 3 is 1.82 bits per heavy atom. The van der Waals surface area contributed by atoms with Crippen molar-refractivity contribution in [3.63, 3.8) is 0 Å². The Hall–Kier alpha value is -2.11. The SMILES string of the molecule is C=CC(C)C(/C=C\C)=C(\c1ccccc1)c1sc(-c2sc(C3Cc4sc(C(C)C)cc4S3)cc2CCCCCC)cc1CCCCCC.CC.CCC(C)(C)CC.CCCCC. The second kappa shape index (κ2) is 30.9. The third kappa shape index (κ3) is 17.7. The van der Waals surface area contributed by atoms with Crippen LogP contribution in [0.3, 0.4) is 0 Å². The summed E-state index contributed by atoms with van der Waals surface area (Å²) >= 11 is 8.32. The minimum atomic E-state index is 0.259. The van der Waals surface area contributed by atoms with Gasteiger partial charge in [-0.3, -0.25) is 0 Å². The average Bonchev–Trinajstić information content (AvgIpc) is 4.09. The molecule has 4 aromatic rings. The predicted molar refractivity (Wildman–Crippen MR) is 292 cm³/mol. The fraction of sp³-hybridized carbons (Fsp3) is 0.586. The van der Waals surface area contributed by atoms with Gasteiger partial charge in [-0.25, -0.2) is 0 Å². The van der Waals surface area contributed by atoms with Crippen LogP contribution in [0, 0.1) is 11.3 Å². The Balaban J connectivity index is 0.000000821. The zero-order valence-electron chi connectivity index (χ0n) is 42.2. The van der Waals surface area contributed by atoms with Crippen molar-refractivity contribution in [2.45, 2.75) is 216 Å².